The molecule has 0 atom stereocenters. The van der Waals surface area contributed by atoms with Gasteiger partial charge in [0.1, 0.15) is 0 Å². The van der Waals surface area contributed by atoms with E-state index in [-0.39, 0.29) is 0 Å². The molecule has 0 bridgehead atoms. The maximum absolute atomic E-state index is 4.54. The van der Waals surface area contributed by atoms with Gasteiger partial charge in [0.2, 0.25) is 5.95 Å². The van der Waals surface area contributed by atoms with Gasteiger partial charge in [-0.05, 0) is 36.1 Å². The van der Waals surface area contributed by atoms with Gasteiger partial charge in [0.15, 0.2) is 5.82 Å². The third-order valence-electron chi connectivity index (χ3n) is 3.96. The molecule has 25 heavy (non-hydrogen) atoms. The third-order valence-corrected chi connectivity index (χ3v) is 3.96. The maximum atomic E-state index is 4.54. The number of rotatable bonds is 8. The van der Waals surface area contributed by atoms with E-state index in [1.54, 1.807) is 6.20 Å². The van der Waals surface area contributed by atoms with Crippen molar-refractivity contribution in [2.24, 2.45) is 0 Å². The first kappa shape index (κ1) is 16.8. The maximum Gasteiger partial charge on any atom is 0.244 e. The Bertz CT molecular complexity index is 763. The number of hydrogen-bond donors (Lipinski definition) is 1. The van der Waals surface area contributed by atoms with Crippen molar-refractivity contribution < 1.29 is 0 Å². The Morgan fingerprint density at radius 1 is 0.960 bits per heavy atom. The number of nitrogens with one attached hydrogen (secondary N) is 1. The molecule has 6 nitrogen and oxygen atoms in total. The molecule has 0 spiro atoms. The molecule has 2 heterocycles. The fourth-order valence-electron chi connectivity index (χ4n) is 2.48. The highest BCUT2D eigenvalue weighted by molar-refractivity contribution is 5.39. The Labute approximate surface area is 148 Å². The number of hydrogen-bond acceptors (Lipinski definition) is 6. The standard InChI is InChI=1S/C19H22N6/c1-25(14-10-17-7-11-20-12-8-17)18-15-22-24-19(23-18)21-13-9-16-5-3-2-4-6-16/h2-8,11-12,15H,9-10,13-14H2,1H3,(H,21,23,24). The summed E-state index contributed by atoms with van der Waals surface area (Å²) in [6.07, 6.45) is 7.17. The van der Waals surface area contributed by atoms with Crippen molar-refractivity contribution in [1.29, 1.82) is 0 Å². The fraction of sp³-hybridized carbons (Fsp3) is 0.263. The van der Waals surface area contributed by atoms with Crippen LogP contribution in [-0.2, 0) is 12.8 Å². The lowest BCUT2D eigenvalue weighted by atomic mass is 10.1. The molecule has 1 aromatic carbocycles. The lowest BCUT2D eigenvalue weighted by Crippen LogP contribution is -2.22. The molecule has 3 rings (SSSR count). The molecule has 6 heteroatoms. The monoisotopic (exact) mass is 334 g/mol. The smallest absolute Gasteiger partial charge is 0.244 e. The lowest BCUT2D eigenvalue weighted by Gasteiger charge is -2.18. The van der Waals surface area contributed by atoms with Crippen LogP contribution < -0.4 is 10.2 Å². The molecule has 0 radical (unpaired) electrons. The van der Waals surface area contributed by atoms with Gasteiger partial charge in [0.05, 0.1) is 6.20 Å². The van der Waals surface area contributed by atoms with Crippen LogP contribution in [0.5, 0.6) is 0 Å². The predicted octanol–water partition coefficient (Wildman–Crippen LogP) is 2.60. The van der Waals surface area contributed by atoms with Crippen molar-refractivity contribution in [1.82, 2.24) is 20.2 Å². The van der Waals surface area contributed by atoms with Crippen LogP contribution >= 0.6 is 0 Å². The first-order valence-electron chi connectivity index (χ1n) is 8.39. The van der Waals surface area contributed by atoms with E-state index in [2.05, 4.69) is 42.5 Å². The largest absolute Gasteiger partial charge is 0.358 e. The normalized spacial score (nSPS) is 10.4. The highest BCUT2D eigenvalue weighted by Crippen LogP contribution is 2.10. The molecule has 0 saturated carbocycles. The highest BCUT2D eigenvalue weighted by Gasteiger charge is 2.06. The first-order chi connectivity index (χ1) is 12.3. The van der Waals surface area contributed by atoms with Crippen molar-refractivity contribution in [2.75, 3.05) is 30.4 Å². The first-order valence-corrected chi connectivity index (χ1v) is 8.39. The zero-order valence-corrected chi connectivity index (χ0v) is 14.3. The zero-order valence-electron chi connectivity index (χ0n) is 14.3. The van der Waals surface area contributed by atoms with E-state index in [1.807, 2.05) is 49.8 Å². The van der Waals surface area contributed by atoms with Gasteiger partial charge in [0.25, 0.3) is 0 Å². The van der Waals surface area contributed by atoms with Crippen molar-refractivity contribution in [2.45, 2.75) is 12.8 Å². The van der Waals surface area contributed by atoms with Crippen molar-refractivity contribution >= 4 is 11.8 Å². The van der Waals surface area contributed by atoms with Gasteiger partial charge >= 0.3 is 0 Å². The third kappa shape index (κ3) is 5.24. The minimum atomic E-state index is 0.559. The number of likely N-dealkylation sites (N-methyl/N-ethyl adjacent to an activating group) is 1. The van der Waals surface area contributed by atoms with Crippen LogP contribution in [-0.4, -0.2) is 40.3 Å². The highest BCUT2D eigenvalue weighted by atomic mass is 15.3. The summed E-state index contributed by atoms with van der Waals surface area (Å²) in [7, 11) is 2.01. The minimum absolute atomic E-state index is 0.559. The second kappa shape index (κ2) is 8.73. The van der Waals surface area contributed by atoms with E-state index >= 15 is 0 Å². The van der Waals surface area contributed by atoms with Gasteiger partial charge < -0.3 is 10.2 Å². The van der Waals surface area contributed by atoms with Gasteiger partial charge in [-0.25, -0.2) is 0 Å². The summed E-state index contributed by atoms with van der Waals surface area (Å²) in [5, 5.41) is 11.4. The average molecular weight is 334 g/mol. The Hall–Kier alpha value is -3.02. The molecule has 0 aliphatic rings. The average Bonchev–Trinajstić information content (AvgIpc) is 2.68. The van der Waals surface area contributed by atoms with Crippen molar-refractivity contribution in [3.63, 3.8) is 0 Å². The molecule has 0 fully saturated rings. The molecule has 0 amide bonds. The van der Waals surface area contributed by atoms with Gasteiger partial charge in [-0.3, -0.25) is 4.98 Å². The van der Waals surface area contributed by atoms with Crippen LogP contribution in [0, 0.1) is 0 Å². The quantitative estimate of drug-likeness (QED) is 0.683. The number of nitrogens with zero attached hydrogens (tertiary/aromatic N) is 5. The van der Waals surface area contributed by atoms with Crippen molar-refractivity contribution in [3.8, 4) is 0 Å². The molecule has 0 aliphatic heterocycles. The minimum Gasteiger partial charge on any atom is -0.358 e. The molecular weight excluding hydrogens is 312 g/mol. The van der Waals surface area contributed by atoms with Gasteiger partial charge in [-0.15, -0.1) is 5.10 Å². The van der Waals surface area contributed by atoms with Gasteiger partial charge in [0, 0.05) is 32.5 Å². The Morgan fingerprint density at radius 2 is 1.72 bits per heavy atom. The summed E-state index contributed by atoms with van der Waals surface area (Å²) in [5.41, 5.74) is 2.54. The Kier molecular flexibility index (Phi) is 5.87. The molecular formula is C19H22N6. The molecule has 0 saturated heterocycles. The van der Waals surface area contributed by atoms with E-state index in [0.717, 1.165) is 31.7 Å². The number of pyridine rings is 1. The summed E-state index contributed by atoms with van der Waals surface area (Å²) in [6, 6.07) is 14.4. The van der Waals surface area contributed by atoms with Gasteiger partial charge in [-0.1, -0.05) is 30.3 Å². The Balaban J connectivity index is 1.51. The lowest BCUT2D eigenvalue weighted by molar-refractivity contribution is 0.834. The molecule has 0 aliphatic carbocycles. The number of anilines is 2. The summed E-state index contributed by atoms with van der Waals surface area (Å²) in [5.74, 6) is 1.37. The second-order valence-corrected chi connectivity index (χ2v) is 5.83. The van der Waals surface area contributed by atoms with E-state index in [9.17, 15) is 0 Å². The van der Waals surface area contributed by atoms with E-state index in [4.69, 9.17) is 0 Å². The molecule has 3 aromatic rings. The Morgan fingerprint density at radius 3 is 2.52 bits per heavy atom. The second-order valence-electron chi connectivity index (χ2n) is 5.83. The van der Waals surface area contributed by atoms with Crippen LogP contribution in [0.4, 0.5) is 11.8 Å². The molecule has 2 aromatic heterocycles. The SMILES string of the molecule is CN(CCc1ccncc1)c1cnnc(NCCc2ccccc2)n1. The predicted molar refractivity (Wildman–Crippen MR) is 99.7 cm³/mol. The molecule has 128 valence electrons. The fourth-order valence-corrected chi connectivity index (χ4v) is 2.48. The van der Waals surface area contributed by atoms with E-state index in [0.29, 0.717) is 5.95 Å². The topological polar surface area (TPSA) is 66.8 Å². The summed E-state index contributed by atoms with van der Waals surface area (Å²) >= 11 is 0. The zero-order chi connectivity index (χ0) is 17.3. The molecule has 0 unspecified atom stereocenters. The van der Waals surface area contributed by atoms with Gasteiger partial charge in [-0.2, -0.15) is 10.1 Å². The van der Waals surface area contributed by atoms with Crippen LogP contribution in [0.25, 0.3) is 0 Å². The summed E-state index contributed by atoms with van der Waals surface area (Å²) in [6.45, 7) is 1.63. The van der Waals surface area contributed by atoms with Crippen LogP contribution in [0.1, 0.15) is 11.1 Å². The van der Waals surface area contributed by atoms with Crippen LogP contribution in [0.2, 0.25) is 0 Å². The summed E-state index contributed by atoms with van der Waals surface area (Å²) in [4.78, 5) is 10.7. The van der Waals surface area contributed by atoms with E-state index < -0.39 is 0 Å². The van der Waals surface area contributed by atoms with E-state index in [1.165, 1.54) is 11.1 Å². The number of aromatic nitrogens is 4. The van der Waals surface area contributed by atoms with Crippen LogP contribution in [0.3, 0.4) is 0 Å². The summed E-state index contributed by atoms with van der Waals surface area (Å²) < 4.78 is 0. The number of benzene rings is 1. The van der Waals surface area contributed by atoms with Crippen LogP contribution in [0.15, 0.2) is 61.1 Å². The van der Waals surface area contributed by atoms with Crippen molar-refractivity contribution in [3.05, 3.63) is 72.2 Å². The molecule has 1 N–H and O–H groups in total.